The van der Waals surface area contributed by atoms with Crippen molar-refractivity contribution in [1.29, 1.82) is 0 Å². The van der Waals surface area contributed by atoms with Crippen molar-refractivity contribution in [1.82, 2.24) is 10.6 Å². The SMILES string of the molecule is CN=C(NCCc1ccc2c(c1)OCO2)NCc1cccc(N(C)C)c1. The largest absolute Gasteiger partial charge is 0.454 e. The van der Waals surface area contributed by atoms with Crippen molar-refractivity contribution < 1.29 is 9.47 Å². The maximum absolute atomic E-state index is 5.42. The topological polar surface area (TPSA) is 58.1 Å². The van der Waals surface area contributed by atoms with Crippen LogP contribution in [0.1, 0.15) is 11.1 Å². The van der Waals surface area contributed by atoms with Crippen LogP contribution in [0.5, 0.6) is 11.5 Å². The van der Waals surface area contributed by atoms with Crippen LogP contribution in [0.3, 0.4) is 0 Å². The molecule has 0 atom stereocenters. The third-order valence-corrected chi connectivity index (χ3v) is 4.25. The highest BCUT2D eigenvalue weighted by molar-refractivity contribution is 5.79. The van der Waals surface area contributed by atoms with Crippen LogP contribution in [0, 0.1) is 0 Å². The molecule has 2 aromatic carbocycles. The lowest BCUT2D eigenvalue weighted by molar-refractivity contribution is 0.174. The number of ether oxygens (including phenoxy) is 2. The molecule has 0 aromatic heterocycles. The lowest BCUT2D eigenvalue weighted by Gasteiger charge is -2.15. The Morgan fingerprint density at radius 1 is 1.04 bits per heavy atom. The van der Waals surface area contributed by atoms with Crippen LogP contribution in [-0.2, 0) is 13.0 Å². The van der Waals surface area contributed by atoms with Crippen molar-refractivity contribution in [2.24, 2.45) is 4.99 Å². The monoisotopic (exact) mass is 354 g/mol. The summed E-state index contributed by atoms with van der Waals surface area (Å²) in [4.78, 5) is 6.39. The number of aliphatic imine (C=N–C) groups is 1. The molecule has 26 heavy (non-hydrogen) atoms. The Balaban J connectivity index is 1.47. The van der Waals surface area contributed by atoms with Crippen LogP contribution < -0.4 is 25.0 Å². The third-order valence-electron chi connectivity index (χ3n) is 4.25. The van der Waals surface area contributed by atoms with E-state index in [1.807, 2.05) is 26.2 Å². The van der Waals surface area contributed by atoms with Crippen LogP contribution in [0.25, 0.3) is 0 Å². The van der Waals surface area contributed by atoms with E-state index >= 15 is 0 Å². The van der Waals surface area contributed by atoms with Gasteiger partial charge in [-0.3, -0.25) is 4.99 Å². The van der Waals surface area contributed by atoms with Crippen molar-refractivity contribution >= 4 is 11.6 Å². The van der Waals surface area contributed by atoms with Crippen LogP contribution in [0.2, 0.25) is 0 Å². The predicted octanol–water partition coefficient (Wildman–Crippen LogP) is 2.39. The first kappa shape index (κ1) is 17.9. The Hall–Kier alpha value is -2.89. The second-order valence-corrected chi connectivity index (χ2v) is 6.35. The summed E-state index contributed by atoms with van der Waals surface area (Å²) >= 11 is 0. The van der Waals surface area contributed by atoms with E-state index in [0.717, 1.165) is 37.0 Å². The average molecular weight is 354 g/mol. The summed E-state index contributed by atoms with van der Waals surface area (Å²) in [6.45, 7) is 1.82. The van der Waals surface area contributed by atoms with E-state index in [-0.39, 0.29) is 0 Å². The summed E-state index contributed by atoms with van der Waals surface area (Å²) in [6, 6.07) is 14.5. The number of guanidine groups is 1. The number of hydrogen-bond donors (Lipinski definition) is 2. The molecule has 0 fully saturated rings. The number of fused-ring (bicyclic) bond motifs is 1. The standard InChI is InChI=1S/C20H26N4O2/c1-21-20(23-13-16-5-4-6-17(11-16)24(2)3)22-10-9-15-7-8-18-19(12-15)26-14-25-18/h4-8,11-12H,9-10,13-14H2,1-3H3,(H2,21,22,23). The second-order valence-electron chi connectivity index (χ2n) is 6.35. The summed E-state index contributed by atoms with van der Waals surface area (Å²) in [5, 5.41) is 6.71. The van der Waals surface area contributed by atoms with E-state index in [1.165, 1.54) is 16.8 Å². The van der Waals surface area contributed by atoms with Gasteiger partial charge in [0, 0.05) is 39.9 Å². The van der Waals surface area contributed by atoms with Gasteiger partial charge >= 0.3 is 0 Å². The molecule has 0 radical (unpaired) electrons. The third kappa shape index (κ3) is 4.59. The molecule has 0 bridgehead atoms. The Kier molecular flexibility index (Phi) is 5.84. The van der Waals surface area contributed by atoms with E-state index in [0.29, 0.717) is 6.79 Å². The van der Waals surface area contributed by atoms with Gasteiger partial charge in [0.25, 0.3) is 0 Å². The lowest BCUT2D eigenvalue weighted by atomic mass is 10.1. The summed E-state index contributed by atoms with van der Waals surface area (Å²) in [5.41, 5.74) is 3.61. The van der Waals surface area contributed by atoms with Crippen molar-refractivity contribution in [3.63, 3.8) is 0 Å². The molecule has 138 valence electrons. The highest BCUT2D eigenvalue weighted by Gasteiger charge is 2.12. The van der Waals surface area contributed by atoms with Gasteiger partial charge in [0.2, 0.25) is 6.79 Å². The Morgan fingerprint density at radius 3 is 2.69 bits per heavy atom. The van der Waals surface area contributed by atoms with Crippen LogP contribution in [-0.4, -0.2) is 40.4 Å². The molecule has 2 aromatic rings. The van der Waals surface area contributed by atoms with Crippen molar-refractivity contribution in [3.05, 3.63) is 53.6 Å². The summed E-state index contributed by atoms with van der Waals surface area (Å²) in [6.07, 6.45) is 0.882. The maximum Gasteiger partial charge on any atom is 0.231 e. The van der Waals surface area contributed by atoms with Crippen molar-refractivity contribution in [2.45, 2.75) is 13.0 Å². The molecule has 0 aliphatic carbocycles. The fourth-order valence-electron chi connectivity index (χ4n) is 2.77. The maximum atomic E-state index is 5.42. The molecule has 3 rings (SSSR count). The normalized spacial score (nSPS) is 12.8. The number of benzene rings is 2. The van der Waals surface area contributed by atoms with Crippen LogP contribution >= 0.6 is 0 Å². The number of anilines is 1. The van der Waals surface area contributed by atoms with Crippen molar-refractivity contribution in [2.75, 3.05) is 39.4 Å². The van der Waals surface area contributed by atoms with E-state index in [1.54, 1.807) is 7.05 Å². The second kappa shape index (κ2) is 8.47. The zero-order valence-corrected chi connectivity index (χ0v) is 15.6. The molecule has 0 spiro atoms. The molecule has 1 heterocycles. The molecule has 6 nitrogen and oxygen atoms in total. The van der Waals surface area contributed by atoms with Gasteiger partial charge in [0.15, 0.2) is 17.5 Å². The minimum Gasteiger partial charge on any atom is -0.454 e. The van der Waals surface area contributed by atoms with E-state index in [2.05, 4.69) is 50.9 Å². The van der Waals surface area contributed by atoms with Gasteiger partial charge < -0.3 is 25.0 Å². The first-order valence-electron chi connectivity index (χ1n) is 8.75. The molecule has 1 aliphatic heterocycles. The molecule has 0 saturated heterocycles. The summed E-state index contributed by atoms with van der Waals surface area (Å²) in [7, 11) is 5.87. The first-order chi connectivity index (χ1) is 12.7. The Labute approximate surface area is 154 Å². The van der Waals surface area contributed by atoms with Crippen LogP contribution in [0.15, 0.2) is 47.5 Å². The molecular weight excluding hydrogens is 328 g/mol. The Bertz CT molecular complexity index is 774. The molecule has 1 aliphatic rings. The van der Waals surface area contributed by atoms with Gasteiger partial charge in [-0.15, -0.1) is 0 Å². The van der Waals surface area contributed by atoms with E-state index < -0.39 is 0 Å². The number of hydrogen-bond acceptors (Lipinski definition) is 4. The van der Waals surface area contributed by atoms with Gasteiger partial charge in [-0.2, -0.15) is 0 Å². The molecule has 0 amide bonds. The average Bonchev–Trinajstić information content (AvgIpc) is 3.12. The zero-order valence-electron chi connectivity index (χ0n) is 15.6. The van der Waals surface area contributed by atoms with Crippen molar-refractivity contribution in [3.8, 4) is 11.5 Å². The Morgan fingerprint density at radius 2 is 1.88 bits per heavy atom. The minimum atomic E-state index is 0.308. The lowest BCUT2D eigenvalue weighted by Crippen LogP contribution is -2.37. The number of nitrogens with one attached hydrogen (secondary N) is 2. The van der Waals surface area contributed by atoms with Gasteiger partial charge in [-0.25, -0.2) is 0 Å². The summed E-state index contributed by atoms with van der Waals surface area (Å²) < 4.78 is 10.8. The number of rotatable bonds is 6. The quantitative estimate of drug-likeness (QED) is 0.616. The van der Waals surface area contributed by atoms with E-state index in [4.69, 9.17) is 9.47 Å². The fourth-order valence-corrected chi connectivity index (χ4v) is 2.77. The van der Waals surface area contributed by atoms with Gasteiger partial charge in [-0.1, -0.05) is 18.2 Å². The van der Waals surface area contributed by atoms with Gasteiger partial charge in [0.1, 0.15) is 0 Å². The molecule has 6 heteroatoms. The first-order valence-corrected chi connectivity index (χ1v) is 8.75. The van der Waals surface area contributed by atoms with Crippen LogP contribution in [0.4, 0.5) is 5.69 Å². The van der Waals surface area contributed by atoms with Gasteiger partial charge in [-0.05, 0) is 41.8 Å². The molecule has 0 unspecified atom stereocenters. The van der Waals surface area contributed by atoms with Gasteiger partial charge in [0.05, 0.1) is 0 Å². The van der Waals surface area contributed by atoms with E-state index in [9.17, 15) is 0 Å². The predicted molar refractivity (Wildman–Crippen MR) is 105 cm³/mol. The molecule has 2 N–H and O–H groups in total. The fraction of sp³-hybridized carbons (Fsp3) is 0.350. The smallest absolute Gasteiger partial charge is 0.231 e. The molecular formula is C20H26N4O2. The summed E-state index contributed by atoms with van der Waals surface area (Å²) in [5.74, 6) is 2.44. The zero-order chi connectivity index (χ0) is 18.4. The molecule has 0 saturated carbocycles. The number of nitrogens with zero attached hydrogens (tertiary/aromatic N) is 2. The highest BCUT2D eigenvalue weighted by atomic mass is 16.7. The highest BCUT2D eigenvalue weighted by Crippen LogP contribution is 2.32. The minimum absolute atomic E-state index is 0.308.